The predicted octanol–water partition coefficient (Wildman–Crippen LogP) is -0.332. The largest absolute Gasteiger partial charge is 0.354 e. The van der Waals surface area contributed by atoms with E-state index in [1.807, 2.05) is 0 Å². The Balaban J connectivity index is 2.01. The lowest BCUT2D eigenvalue weighted by molar-refractivity contribution is -0.135. The van der Waals surface area contributed by atoms with E-state index in [-0.39, 0.29) is 30.3 Å². The molecule has 1 aromatic rings. The molecule has 1 aromatic heterocycles. The van der Waals surface area contributed by atoms with Gasteiger partial charge in [-0.3, -0.25) is 14.4 Å². The van der Waals surface area contributed by atoms with Crippen molar-refractivity contribution < 1.29 is 9.59 Å². The molecule has 1 aliphatic heterocycles. The topological polar surface area (TPSA) is 95.2 Å². The summed E-state index contributed by atoms with van der Waals surface area (Å²) in [6.45, 7) is 4.75. The maximum Gasteiger partial charge on any atom is 0.254 e. The summed E-state index contributed by atoms with van der Waals surface area (Å²) in [6.07, 6.45) is 1.30. The minimum absolute atomic E-state index is 0.0975. The molecule has 2 amide bonds. The highest BCUT2D eigenvalue weighted by atomic mass is 16.2. The van der Waals surface area contributed by atoms with Crippen LogP contribution < -0.4 is 10.9 Å². The molecule has 0 aromatic carbocycles. The van der Waals surface area contributed by atoms with Gasteiger partial charge in [0.2, 0.25) is 11.8 Å². The van der Waals surface area contributed by atoms with Crippen molar-refractivity contribution in [1.29, 1.82) is 0 Å². The Bertz CT molecular complexity index is 609. The summed E-state index contributed by atoms with van der Waals surface area (Å²) in [7, 11) is 0. The van der Waals surface area contributed by atoms with Crippen molar-refractivity contribution >= 4 is 11.8 Å². The van der Waals surface area contributed by atoms with Crippen LogP contribution in [0, 0.1) is 13.8 Å². The van der Waals surface area contributed by atoms with Crippen LogP contribution >= 0.6 is 0 Å². The van der Waals surface area contributed by atoms with Crippen LogP contribution in [0.1, 0.15) is 29.9 Å². The summed E-state index contributed by atoms with van der Waals surface area (Å²) < 4.78 is 0. The van der Waals surface area contributed by atoms with Gasteiger partial charge >= 0.3 is 0 Å². The van der Waals surface area contributed by atoms with Gasteiger partial charge in [-0.2, -0.15) is 0 Å². The monoisotopic (exact) mass is 292 g/mol. The van der Waals surface area contributed by atoms with Gasteiger partial charge in [-0.15, -0.1) is 0 Å². The van der Waals surface area contributed by atoms with E-state index in [2.05, 4.69) is 15.3 Å². The first-order valence-electron chi connectivity index (χ1n) is 7.08. The zero-order chi connectivity index (χ0) is 15.4. The number of aromatic nitrogens is 2. The normalized spacial score (nSPS) is 15.5. The van der Waals surface area contributed by atoms with E-state index < -0.39 is 0 Å². The van der Waals surface area contributed by atoms with Crippen molar-refractivity contribution in [3.63, 3.8) is 0 Å². The zero-order valence-corrected chi connectivity index (χ0v) is 12.4. The SMILES string of the molecule is Cc1nc(C)c(CCC(=O)N2CCCNC(=O)C2)c(=O)[nH]1. The van der Waals surface area contributed by atoms with Gasteiger partial charge in [-0.1, -0.05) is 0 Å². The Morgan fingerprint density at radius 1 is 1.33 bits per heavy atom. The Labute approximate surface area is 122 Å². The average molecular weight is 292 g/mol. The van der Waals surface area contributed by atoms with E-state index in [0.29, 0.717) is 36.6 Å². The number of hydrogen-bond acceptors (Lipinski definition) is 4. The van der Waals surface area contributed by atoms with E-state index in [9.17, 15) is 14.4 Å². The van der Waals surface area contributed by atoms with Crippen LogP contribution in [0.2, 0.25) is 0 Å². The summed E-state index contributed by atoms with van der Waals surface area (Å²) in [5, 5.41) is 2.73. The molecule has 0 aliphatic carbocycles. The van der Waals surface area contributed by atoms with E-state index in [4.69, 9.17) is 0 Å². The van der Waals surface area contributed by atoms with Crippen LogP contribution in [-0.4, -0.2) is 46.3 Å². The fourth-order valence-corrected chi connectivity index (χ4v) is 2.45. The van der Waals surface area contributed by atoms with Crippen molar-refractivity contribution in [2.75, 3.05) is 19.6 Å². The Morgan fingerprint density at radius 3 is 2.81 bits per heavy atom. The first-order valence-corrected chi connectivity index (χ1v) is 7.08. The minimum atomic E-state index is -0.193. The molecule has 1 saturated heterocycles. The number of aromatic amines is 1. The standard InChI is InChI=1S/C14H20N4O3/c1-9-11(14(21)17-10(2)16-9)4-5-13(20)18-7-3-6-15-12(19)8-18/h3-8H2,1-2H3,(H,15,19)(H,16,17,21). The van der Waals surface area contributed by atoms with Gasteiger partial charge in [0.05, 0.1) is 6.54 Å². The molecule has 2 heterocycles. The molecule has 21 heavy (non-hydrogen) atoms. The van der Waals surface area contributed by atoms with E-state index >= 15 is 0 Å². The molecule has 0 spiro atoms. The highest BCUT2D eigenvalue weighted by molar-refractivity contribution is 5.85. The maximum atomic E-state index is 12.2. The first kappa shape index (κ1) is 15.2. The van der Waals surface area contributed by atoms with Crippen LogP contribution in [0.4, 0.5) is 0 Å². The Hall–Kier alpha value is -2.18. The van der Waals surface area contributed by atoms with Crippen LogP contribution in [0.5, 0.6) is 0 Å². The van der Waals surface area contributed by atoms with Gasteiger partial charge in [0.25, 0.3) is 5.56 Å². The van der Waals surface area contributed by atoms with Gasteiger partial charge in [0.1, 0.15) is 5.82 Å². The molecule has 7 nitrogen and oxygen atoms in total. The van der Waals surface area contributed by atoms with E-state index in [1.165, 1.54) is 0 Å². The third-order valence-electron chi connectivity index (χ3n) is 3.54. The molecular formula is C14H20N4O3. The number of carbonyl (C=O) groups is 2. The number of rotatable bonds is 3. The number of carbonyl (C=O) groups excluding carboxylic acids is 2. The molecule has 0 unspecified atom stereocenters. The molecule has 7 heteroatoms. The molecule has 1 aliphatic rings. The van der Waals surface area contributed by atoms with Crippen molar-refractivity contribution in [3.05, 3.63) is 27.4 Å². The lowest BCUT2D eigenvalue weighted by Gasteiger charge is -2.18. The summed E-state index contributed by atoms with van der Waals surface area (Å²) in [5.74, 6) is 0.329. The summed E-state index contributed by atoms with van der Waals surface area (Å²) in [5.41, 5.74) is 0.993. The second-order valence-electron chi connectivity index (χ2n) is 5.23. The van der Waals surface area contributed by atoms with Gasteiger partial charge < -0.3 is 15.2 Å². The van der Waals surface area contributed by atoms with Gasteiger partial charge in [0.15, 0.2) is 0 Å². The number of hydrogen-bond donors (Lipinski definition) is 2. The highest BCUT2D eigenvalue weighted by Crippen LogP contribution is 2.06. The maximum absolute atomic E-state index is 12.2. The number of nitrogens with one attached hydrogen (secondary N) is 2. The zero-order valence-electron chi connectivity index (χ0n) is 12.4. The second-order valence-corrected chi connectivity index (χ2v) is 5.23. The fraction of sp³-hybridized carbons (Fsp3) is 0.571. The van der Waals surface area contributed by atoms with Gasteiger partial charge in [0, 0.05) is 30.8 Å². The Morgan fingerprint density at radius 2 is 2.10 bits per heavy atom. The summed E-state index contributed by atoms with van der Waals surface area (Å²) in [6, 6.07) is 0. The van der Waals surface area contributed by atoms with Crippen molar-refractivity contribution in [3.8, 4) is 0 Å². The number of amides is 2. The summed E-state index contributed by atoms with van der Waals surface area (Å²) in [4.78, 5) is 43.9. The third-order valence-corrected chi connectivity index (χ3v) is 3.54. The minimum Gasteiger partial charge on any atom is -0.354 e. The number of H-pyrrole nitrogens is 1. The molecule has 0 atom stereocenters. The van der Waals surface area contributed by atoms with Crippen molar-refractivity contribution in [2.45, 2.75) is 33.1 Å². The number of aryl methyl sites for hydroxylation is 2. The molecular weight excluding hydrogens is 272 g/mol. The average Bonchev–Trinajstić information content (AvgIpc) is 2.62. The smallest absolute Gasteiger partial charge is 0.254 e. The second kappa shape index (κ2) is 6.51. The fourth-order valence-electron chi connectivity index (χ4n) is 2.45. The van der Waals surface area contributed by atoms with Crippen LogP contribution in [0.15, 0.2) is 4.79 Å². The summed E-state index contributed by atoms with van der Waals surface area (Å²) >= 11 is 0. The Kier molecular flexibility index (Phi) is 4.72. The molecule has 1 fully saturated rings. The molecule has 114 valence electrons. The molecule has 2 rings (SSSR count). The molecule has 2 N–H and O–H groups in total. The van der Waals surface area contributed by atoms with Crippen LogP contribution in [-0.2, 0) is 16.0 Å². The van der Waals surface area contributed by atoms with Gasteiger partial charge in [-0.25, -0.2) is 4.98 Å². The number of nitrogens with zero attached hydrogens (tertiary/aromatic N) is 2. The first-order chi connectivity index (χ1) is 9.97. The van der Waals surface area contributed by atoms with E-state index in [0.717, 1.165) is 6.42 Å². The van der Waals surface area contributed by atoms with Crippen LogP contribution in [0.25, 0.3) is 0 Å². The van der Waals surface area contributed by atoms with Gasteiger partial charge in [-0.05, 0) is 26.7 Å². The lowest BCUT2D eigenvalue weighted by Crippen LogP contribution is -2.37. The van der Waals surface area contributed by atoms with Crippen molar-refractivity contribution in [2.24, 2.45) is 0 Å². The third kappa shape index (κ3) is 3.90. The van der Waals surface area contributed by atoms with Crippen molar-refractivity contribution in [1.82, 2.24) is 20.2 Å². The van der Waals surface area contributed by atoms with Crippen LogP contribution in [0.3, 0.4) is 0 Å². The highest BCUT2D eigenvalue weighted by Gasteiger charge is 2.20. The predicted molar refractivity (Wildman–Crippen MR) is 76.9 cm³/mol. The molecule has 0 radical (unpaired) electrons. The molecule has 0 saturated carbocycles. The van der Waals surface area contributed by atoms with E-state index in [1.54, 1.807) is 18.7 Å². The molecule has 0 bridgehead atoms. The quantitative estimate of drug-likeness (QED) is 0.797. The lowest BCUT2D eigenvalue weighted by atomic mass is 10.1.